The van der Waals surface area contributed by atoms with Crippen LogP contribution in [0.3, 0.4) is 0 Å². The minimum absolute atomic E-state index is 3.50. The molecular formula is H4NO5Re. The zero-order chi connectivity index (χ0) is 6.50. The van der Waals surface area contributed by atoms with Gasteiger partial charge in [0.15, 0.2) is 0 Å². The molecule has 0 aliphatic carbocycles. The first-order valence-corrected chi connectivity index (χ1v) is 5.43. The van der Waals surface area contributed by atoms with Gasteiger partial charge in [0.25, 0.3) is 0 Å². The Morgan fingerprint density at radius 3 is 1.14 bits per heavy atom. The Morgan fingerprint density at radius 2 is 1.14 bits per heavy atom. The van der Waals surface area contributed by atoms with Crippen LogP contribution >= 0.6 is 0 Å². The third-order valence-corrected chi connectivity index (χ3v) is 0. The quantitative estimate of drug-likeness (QED) is 0.462. The van der Waals surface area contributed by atoms with E-state index < -0.39 is 15.8 Å². The Labute approximate surface area is 41.9 Å². The zero-order valence-electron chi connectivity index (χ0n) is 3.07. The summed E-state index contributed by atoms with van der Waals surface area (Å²) in [6, 6.07) is 0. The van der Waals surface area contributed by atoms with Crippen molar-refractivity contribution >= 4 is 0 Å². The molecule has 0 amide bonds. The Hall–Kier alpha value is -0.0577. The molecule has 0 aromatic carbocycles. The van der Waals surface area contributed by atoms with E-state index in [-0.39, 0.29) is 0 Å². The molecule has 0 aromatic heterocycles. The topological polar surface area (TPSA) is 118 Å². The van der Waals surface area contributed by atoms with Crippen LogP contribution < -0.4 is 5.90 Å². The second-order valence-electron chi connectivity index (χ2n) is 0.396. The first kappa shape index (κ1) is 10.0. The molecule has 6 nitrogen and oxygen atoms in total. The molecule has 7 heavy (non-hydrogen) atoms. The second-order valence-corrected chi connectivity index (χ2v) is 3.24. The van der Waals surface area contributed by atoms with E-state index in [1.165, 1.54) is 0 Å². The van der Waals surface area contributed by atoms with E-state index in [2.05, 4.69) is 5.90 Å². The van der Waals surface area contributed by atoms with Crippen molar-refractivity contribution in [3.8, 4) is 0 Å². The average molecular weight is 284 g/mol. The SMILES string of the molecule is NO.[O]=[Re](=[O])(=[O])[OH]. The first-order chi connectivity index (χ1) is 3.00. The summed E-state index contributed by atoms with van der Waals surface area (Å²) in [5.41, 5.74) is 0. The van der Waals surface area contributed by atoms with Gasteiger partial charge in [-0.2, -0.15) is 0 Å². The van der Waals surface area contributed by atoms with Crippen LogP contribution in [0, 0.1) is 0 Å². The summed E-state index contributed by atoms with van der Waals surface area (Å²) in [7, 11) is 0. The number of rotatable bonds is 0. The summed E-state index contributed by atoms with van der Waals surface area (Å²) in [6.45, 7) is 0. The Balaban J connectivity index is 0. The van der Waals surface area contributed by atoms with E-state index >= 15 is 0 Å². The van der Waals surface area contributed by atoms with Crippen molar-refractivity contribution in [3.05, 3.63) is 0 Å². The van der Waals surface area contributed by atoms with Gasteiger partial charge in [0.2, 0.25) is 0 Å². The molecule has 0 rings (SSSR count). The molecule has 0 bridgehead atoms. The van der Waals surface area contributed by atoms with Crippen LogP contribution in [-0.2, 0) is 26.2 Å². The molecule has 0 atom stereocenters. The number of nitrogens with two attached hydrogens (primary N) is 1. The third kappa shape index (κ3) is 27800. The van der Waals surface area contributed by atoms with Gasteiger partial charge in [0, 0.05) is 0 Å². The van der Waals surface area contributed by atoms with Crippen molar-refractivity contribution in [2.75, 3.05) is 0 Å². The summed E-state index contributed by atoms with van der Waals surface area (Å²) in [5, 5.41) is 6.50. The van der Waals surface area contributed by atoms with Gasteiger partial charge in [0.05, 0.1) is 0 Å². The van der Waals surface area contributed by atoms with Crippen LogP contribution in [0.1, 0.15) is 0 Å². The molecule has 7 heteroatoms. The molecule has 0 fully saturated rings. The maximum atomic E-state index is 8.75. The van der Waals surface area contributed by atoms with E-state index in [0.29, 0.717) is 0 Å². The standard InChI is InChI=1S/H3NO.H2O.3O.Re/c1-2;;;;;/h2H,1H2;1H2;;;;/q;;;;;+1/p-1. The van der Waals surface area contributed by atoms with Crippen LogP contribution in [-0.4, -0.2) is 9.04 Å². The molecule has 0 heterocycles. The molecular weight excluding hydrogens is 280 g/mol. The Bertz CT molecular complexity index is 129. The molecule has 0 spiro atoms. The second kappa shape index (κ2) is 4.11. The predicted molar refractivity (Wildman–Crippen MR) is 10.3 cm³/mol. The summed E-state index contributed by atoms with van der Waals surface area (Å²) in [5.74, 6) is 3.50. The molecule has 4 N–H and O–H groups in total. The molecule has 0 aromatic rings. The summed E-state index contributed by atoms with van der Waals surface area (Å²) >= 11 is -5.86. The maximum absolute atomic E-state index is 8.75. The first-order valence-electron chi connectivity index (χ1n) is 0.890. The van der Waals surface area contributed by atoms with Crippen molar-refractivity contribution < 1.29 is 35.2 Å². The van der Waals surface area contributed by atoms with E-state index in [4.69, 9.17) is 19.4 Å². The minimum atomic E-state index is -5.86. The summed E-state index contributed by atoms with van der Waals surface area (Å²) < 4.78 is 33.3. The van der Waals surface area contributed by atoms with Crippen molar-refractivity contribution in [2.24, 2.45) is 5.90 Å². The van der Waals surface area contributed by atoms with Gasteiger partial charge in [-0.15, -0.1) is 0 Å². The monoisotopic (exact) mass is 285 g/mol. The zero-order valence-corrected chi connectivity index (χ0v) is 5.79. The Morgan fingerprint density at radius 1 is 1.14 bits per heavy atom. The van der Waals surface area contributed by atoms with Crippen LogP contribution in [0.4, 0.5) is 0 Å². The summed E-state index contributed by atoms with van der Waals surface area (Å²) in [6.07, 6.45) is 0. The van der Waals surface area contributed by atoms with E-state index in [1.54, 1.807) is 0 Å². The van der Waals surface area contributed by atoms with Crippen molar-refractivity contribution in [1.29, 1.82) is 0 Å². The Kier molecular flexibility index (Phi) is 5.89. The van der Waals surface area contributed by atoms with Crippen molar-refractivity contribution in [3.63, 3.8) is 0 Å². The molecule has 46 valence electrons. The molecule has 0 saturated carbocycles. The van der Waals surface area contributed by atoms with Crippen molar-refractivity contribution in [2.45, 2.75) is 0 Å². The van der Waals surface area contributed by atoms with Crippen LogP contribution in [0.5, 0.6) is 0 Å². The van der Waals surface area contributed by atoms with Crippen LogP contribution in [0.15, 0.2) is 0 Å². The van der Waals surface area contributed by atoms with E-state index in [9.17, 15) is 0 Å². The van der Waals surface area contributed by atoms with Gasteiger partial charge in [-0.25, -0.2) is 5.90 Å². The van der Waals surface area contributed by atoms with Gasteiger partial charge in [-0.05, 0) is 0 Å². The van der Waals surface area contributed by atoms with Gasteiger partial charge in [-0.1, -0.05) is 0 Å². The third-order valence-electron chi connectivity index (χ3n) is 0. The van der Waals surface area contributed by atoms with E-state index in [1.807, 2.05) is 0 Å². The van der Waals surface area contributed by atoms with E-state index in [0.717, 1.165) is 0 Å². The molecule has 0 aliphatic rings. The van der Waals surface area contributed by atoms with Crippen molar-refractivity contribution in [1.82, 2.24) is 0 Å². The fourth-order valence-corrected chi connectivity index (χ4v) is 0. The van der Waals surface area contributed by atoms with Gasteiger partial charge >= 0.3 is 30.0 Å². The van der Waals surface area contributed by atoms with Crippen LogP contribution in [0.2, 0.25) is 0 Å². The van der Waals surface area contributed by atoms with Gasteiger partial charge in [-0.3, -0.25) is 0 Å². The van der Waals surface area contributed by atoms with Gasteiger partial charge in [0.1, 0.15) is 0 Å². The normalized spacial score (nSPS) is 9.00. The molecule has 0 saturated heterocycles. The fourth-order valence-electron chi connectivity index (χ4n) is 0. The average Bonchev–Trinajstić information content (AvgIpc) is 1.36. The predicted octanol–water partition coefficient (Wildman–Crippen LogP) is -1.58. The molecule has 0 radical (unpaired) electrons. The molecule has 0 aliphatic heterocycles. The summed E-state index contributed by atoms with van der Waals surface area (Å²) in [4.78, 5) is 0. The molecule has 0 unspecified atom stereocenters. The fraction of sp³-hybridized carbons (Fsp3) is 0. The number of hydrogen-bond acceptors (Lipinski definition) is 5. The van der Waals surface area contributed by atoms with Gasteiger partial charge < -0.3 is 5.21 Å². The van der Waals surface area contributed by atoms with Crippen LogP contribution in [0.25, 0.3) is 0 Å². The number of hydrogen-bond donors (Lipinski definition) is 3.